The molecule has 0 saturated heterocycles. The Labute approximate surface area is 170 Å². The van der Waals surface area contributed by atoms with Gasteiger partial charge in [-0.25, -0.2) is 0 Å². The lowest BCUT2D eigenvalue weighted by molar-refractivity contribution is -0.130. The summed E-state index contributed by atoms with van der Waals surface area (Å²) in [6.45, 7) is 5.28. The Morgan fingerprint density at radius 2 is 1.69 bits per heavy atom. The highest BCUT2D eigenvalue weighted by atomic mass is 16.5. The number of carbonyl (C=O) groups excluding carboxylic acids is 2. The first kappa shape index (κ1) is 20.3. The number of benzene rings is 2. The van der Waals surface area contributed by atoms with E-state index in [9.17, 15) is 9.59 Å². The first-order valence-electron chi connectivity index (χ1n) is 9.53. The topological polar surface area (TPSA) is 84.2 Å². The van der Waals surface area contributed by atoms with E-state index in [-0.39, 0.29) is 11.8 Å². The van der Waals surface area contributed by atoms with E-state index >= 15 is 0 Å². The summed E-state index contributed by atoms with van der Waals surface area (Å²) >= 11 is 0. The van der Waals surface area contributed by atoms with Crippen LogP contribution in [0, 0.1) is 6.92 Å². The molecule has 1 unspecified atom stereocenters. The summed E-state index contributed by atoms with van der Waals surface area (Å²) in [5.74, 6) is 0.341. The van der Waals surface area contributed by atoms with Gasteiger partial charge in [-0.3, -0.25) is 9.59 Å². The van der Waals surface area contributed by atoms with Crippen molar-refractivity contribution in [3.05, 3.63) is 83.6 Å². The van der Waals surface area contributed by atoms with Crippen LogP contribution in [0.2, 0.25) is 0 Å². The van der Waals surface area contributed by atoms with Gasteiger partial charge in [0.2, 0.25) is 11.8 Å². The molecule has 29 heavy (non-hydrogen) atoms. The van der Waals surface area contributed by atoms with Gasteiger partial charge in [0.05, 0.1) is 5.41 Å². The molecule has 1 aromatic heterocycles. The Bertz CT molecular complexity index is 969. The molecule has 0 spiro atoms. The van der Waals surface area contributed by atoms with Crippen molar-refractivity contribution in [3.63, 3.8) is 0 Å². The molecule has 0 fully saturated rings. The van der Waals surface area contributed by atoms with Crippen LogP contribution in [0.3, 0.4) is 0 Å². The fourth-order valence-electron chi connectivity index (χ4n) is 3.20. The molecule has 2 amide bonds. The van der Waals surface area contributed by atoms with E-state index in [0.717, 1.165) is 11.1 Å². The smallest absolute Gasteiger partial charge is 0.247 e. The average molecular weight is 391 g/mol. The lowest BCUT2D eigenvalue weighted by atomic mass is 9.76. The second-order valence-electron chi connectivity index (χ2n) is 7.37. The average Bonchev–Trinajstić information content (AvgIpc) is 3.13. The molecule has 2 N–H and O–H groups in total. The van der Waals surface area contributed by atoms with Crippen LogP contribution in [0.5, 0.6) is 0 Å². The molecule has 0 aliphatic rings. The molecule has 6 heteroatoms. The number of hydrogen-bond donors (Lipinski definition) is 2. The largest absolute Gasteiger partial charge is 0.360 e. The first-order valence-corrected chi connectivity index (χ1v) is 9.53. The van der Waals surface area contributed by atoms with E-state index in [2.05, 4.69) is 15.8 Å². The maximum Gasteiger partial charge on any atom is 0.247 e. The van der Waals surface area contributed by atoms with Crippen LogP contribution in [0.1, 0.15) is 30.7 Å². The van der Waals surface area contributed by atoms with Crippen molar-refractivity contribution in [1.82, 2.24) is 10.5 Å². The van der Waals surface area contributed by atoms with Crippen LogP contribution >= 0.6 is 0 Å². The standard InChI is InChI=1S/C23H25N3O3/c1-16-14-20(26-29-16)25-21(27)17(2)24-22(28)23(3,19-12-8-5-9-13-19)15-18-10-6-4-7-11-18/h4-14,17H,15H2,1-3H3,(H,24,28)(H,25,26,27)/t17-,23?/m0/s1. The zero-order valence-electron chi connectivity index (χ0n) is 16.8. The monoisotopic (exact) mass is 391 g/mol. The van der Waals surface area contributed by atoms with Crippen molar-refractivity contribution in [2.24, 2.45) is 0 Å². The van der Waals surface area contributed by atoms with Crippen LogP contribution in [0.4, 0.5) is 5.82 Å². The van der Waals surface area contributed by atoms with E-state index < -0.39 is 11.5 Å². The number of carbonyl (C=O) groups is 2. The molecule has 0 aliphatic heterocycles. The quantitative estimate of drug-likeness (QED) is 0.644. The number of hydrogen-bond acceptors (Lipinski definition) is 4. The van der Waals surface area contributed by atoms with Crippen LogP contribution < -0.4 is 10.6 Å². The predicted molar refractivity (Wildman–Crippen MR) is 111 cm³/mol. The third-order valence-electron chi connectivity index (χ3n) is 4.93. The van der Waals surface area contributed by atoms with Crippen LogP contribution in [0.15, 0.2) is 71.3 Å². The number of aromatic nitrogens is 1. The van der Waals surface area contributed by atoms with Crippen molar-refractivity contribution < 1.29 is 14.1 Å². The zero-order chi connectivity index (χ0) is 20.9. The summed E-state index contributed by atoms with van der Waals surface area (Å²) < 4.78 is 4.95. The van der Waals surface area contributed by atoms with E-state index in [4.69, 9.17) is 4.52 Å². The Morgan fingerprint density at radius 1 is 1.07 bits per heavy atom. The summed E-state index contributed by atoms with van der Waals surface area (Å²) in [7, 11) is 0. The van der Waals surface area contributed by atoms with Gasteiger partial charge in [0, 0.05) is 6.07 Å². The van der Waals surface area contributed by atoms with Gasteiger partial charge in [0.25, 0.3) is 0 Å². The number of amides is 2. The zero-order valence-corrected chi connectivity index (χ0v) is 16.8. The van der Waals surface area contributed by atoms with Crippen molar-refractivity contribution >= 4 is 17.6 Å². The van der Waals surface area contributed by atoms with E-state index in [1.807, 2.05) is 67.6 Å². The molecule has 0 aliphatic carbocycles. The molecule has 2 atom stereocenters. The fourth-order valence-corrected chi connectivity index (χ4v) is 3.20. The van der Waals surface area contributed by atoms with Crippen molar-refractivity contribution in [1.29, 1.82) is 0 Å². The van der Waals surface area contributed by atoms with Crippen molar-refractivity contribution in [3.8, 4) is 0 Å². The lowest BCUT2D eigenvalue weighted by Gasteiger charge is -2.30. The van der Waals surface area contributed by atoms with Gasteiger partial charge < -0.3 is 15.2 Å². The molecule has 1 heterocycles. The molecule has 0 radical (unpaired) electrons. The Balaban J connectivity index is 1.78. The van der Waals surface area contributed by atoms with Crippen LogP contribution in [-0.2, 0) is 21.4 Å². The van der Waals surface area contributed by atoms with Gasteiger partial charge in [-0.1, -0.05) is 65.8 Å². The Kier molecular flexibility index (Phi) is 6.12. The fraction of sp³-hybridized carbons (Fsp3) is 0.261. The molecule has 150 valence electrons. The maximum atomic E-state index is 13.3. The van der Waals surface area contributed by atoms with Crippen LogP contribution in [0.25, 0.3) is 0 Å². The minimum atomic E-state index is -0.832. The molecular weight excluding hydrogens is 366 g/mol. The maximum absolute atomic E-state index is 13.3. The number of nitrogens with one attached hydrogen (secondary N) is 2. The molecular formula is C23H25N3O3. The number of rotatable bonds is 7. The predicted octanol–water partition coefficient (Wildman–Crippen LogP) is 3.63. The minimum Gasteiger partial charge on any atom is -0.360 e. The van der Waals surface area contributed by atoms with E-state index in [1.54, 1.807) is 19.9 Å². The highest BCUT2D eigenvalue weighted by Gasteiger charge is 2.36. The molecule has 3 aromatic rings. The third-order valence-corrected chi connectivity index (χ3v) is 4.93. The van der Waals surface area contributed by atoms with E-state index in [0.29, 0.717) is 18.0 Å². The molecule has 2 aromatic carbocycles. The highest BCUT2D eigenvalue weighted by molar-refractivity contribution is 5.98. The highest BCUT2D eigenvalue weighted by Crippen LogP contribution is 2.29. The van der Waals surface area contributed by atoms with Crippen LogP contribution in [-0.4, -0.2) is 23.0 Å². The Morgan fingerprint density at radius 3 is 2.28 bits per heavy atom. The van der Waals surface area contributed by atoms with Crippen molar-refractivity contribution in [2.75, 3.05) is 5.32 Å². The number of aryl methyl sites for hydroxylation is 1. The summed E-state index contributed by atoms with van der Waals surface area (Å²) in [5.41, 5.74) is 1.10. The van der Waals surface area contributed by atoms with Gasteiger partial charge in [-0.05, 0) is 38.3 Å². The third kappa shape index (κ3) is 4.90. The summed E-state index contributed by atoms with van der Waals surface area (Å²) in [5, 5.41) is 9.26. The SMILES string of the molecule is Cc1cc(NC(=O)[C@H](C)NC(=O)C(C)(Cc2ccccc2)c2ccccc2)no1. The van der Waals surface area contributed by atoms with Gasteiger partial charge in [0.15, 0.2) is 5.82 Å². The number of anilines is 1. The van der Waals surface area contributed by atoms with Gasteiger partial charge in [-0.15, -0.1) is 0 Å². The first-order chi connectivity index (χ1) is 13.9. The lowest BCUT2D eigenvalue weighted by Crippen LogP contribution is -2.50. The molecule has 6 nitrogen and oxygen atoms in total. The second-order valence-corrected chi connectivity index (χ2v) is 7.37. The van der Waals surface area contributed by atoms with Gasteiger partial charge >= 0.3 is 0 Å². The summed E-state index contributed by atoms with van der Waals surface area (Å²) in [6.07, 6.45) is 0.514. The van der Waals surface area contributed by atoms with Crippen molar-refractivity contribution in [2.45, 2.75) is 38.6 Å². The molecule has 0 saturated carbocycles. The number of nitrogens with zero attached hydrogens (tertiary/aromatic N) is 1. The normalized spacial score (nSPS) is 13.9. The molecule has 0 bridgehead atoms. The summed E-state index contributed by atoms with van der Waals surface area (Å²) in [4.78, 5) is 25.8. The summed E-state index contributed by atoms with van der Waals surface area (Å²) in [6, 6.07) is 20.3. The van der Waals surface area contributed by atoms with Gasteiger partial charge in [0.1, 0.15) is 11.8 Å². The minimum absolute atomic E-state index is 0.216. The second kappa shape index (κ2) is 8.73. The van der Waals surface area contributed by atoms with E-state index in [1.165, 1.54) is 0 Å². The molecule has 3 rings (SSSR count). The van der Waals surface area contributed by atoms with Gasteiger partial charge in [-0.2, -0.15) is 0 Å². The Hall–Kier alpha value is -3.41.